The summed E-state index contributed by atoms with van der Waals surface area (Å²) >= 11 is 6.02. The van der Waals surface area contributed by atoms with Crippen molar-refractivity contribution in [1.29, 1.82) is 0 Å². The van der Waals surface area contributed by atoms with Gasteiger partial charge in [0.15, 0.2) is 0 Å². The van der Waals surface area contributed by atoms with E-state index in [2.05, 4.69) is 0 Å². The van der Waals surface area contributed by atoms with Crippen molar-refractivity contribution >= 4 is 46.4 Å². The van der Waals surface area contributed by atoms with Crippen LogP contribution in [0.3, 0.4) is 0 Å². The standard InChI is InChI=1S/C26H15ClN2O7/c27-14-7-5-13(6-8-14)21-19-20(26(36-21)22(30)17-3-1-2-4-18(17)23(26)31)25(33)28(24(19)32)15-9-11-16(12-10-15)29(34)35/h1-12,19-21H. The van der Waals surface area contributed by atoms with Gasteiger partial charge in [0.05, 0.1) is 28.6 Å². The topological polar surface area (TPSA) is 124 Å². The third kappa shape index (κ3) is 2.81. The van der Waals surface area contributed by atoms with Gasteiger partial charge in [-0.05, 0) is 29.8 Å². The Kier molecular flexibility index (Phi) is 4.73. The van der Waals surface area contributed by atoms with Gasteiger partial charge in [-0.2, -0.15) is 0 Å². The van der Waals surface area contributed by atoms with Crippen LogP contribution in [0.25, 0.3) is 0 Å². The zero-order valence-corrected chi connectivity index (χ0v) is 19.0. The average molecular weight is 503 g/mol. The van der Waals surface area contributed by atoms with Crippen LogP contribution in [0.4, 0.5) is 11.4 Å². The number of imide groups is 1. The maximum Gasteiger partial charge on any atom is 0.269 e. The molecule has 3 aliphatic rings. The van der Waals surface area contributed by atoms with Gasteiger partial charge in [0, 0.05) is 28.3 Å². The van der Waals surface area contributed by atoms with Gasteiger partial charge >= 0.3 is 0 Å². The van der Waals surface area contributed by atoms with Crippen molar-refractivity contribution in [2.75, 3.05) is 4.90 Å². The number of ether oxygens (including phenoxy) is 1. The molecule has 9 nitrogen and oxygen atoms in total. The SMILES string of the molecule is O=C1C2C(c3ccc(Cl)cc3)OC3(C(=O)c4ccccc4C3=O)C2C(=O)N1c1ccc([N+](=O)[O-])cc1. The average Bonchev–Trinajstić information content (AvgIpc) is 3.44. The van der Waals surface area contributed by atoms with E-state index in [-0.39, 0.29) is 22.5 Å². The number of hydrogen-bond acceptors (Lipinski definition) is 7. The molecule has 0 radical (unpaired) electrons. The van der Waals surface area contributed by atoms with E-state index < -0.39 is 51.8 Å². The van der Waals surface area contributed by atoms with E-state index >= 15 is 0 Å². The summed E-state index contributed by atoms with van der Waals surface area (Å²) in [6, 6.07) is 17.5. The molecule has 0 aromatic heterocycles. The Morgan fingerprint density at radius 2 is 1.42 bits per heavy atom. The number of halogens is 1. The highest BCUT2D eigenvalue weighted by molar-refractivity contribution is 6.37. The fourth-order valence-electron chi connectivity index (χ4n) is 5.45. The Hall–Kier alpha value is -4.21. The van der Waals surface area contributed by atoms with Gasteiger partial charge in [-0.3, -0.25) is 29.3 Å². The van der Waals surface area contributed by atoms with E-state index in [9.17, 15) is 29.3 Å². The molecule has 3 unspecified atom stereocenters. The fraction of sp³-hybridized carbons (Fsp3) is 0.154. The largest absolute Gasteiger partial charge is 0.349 e. The number of rotatable bonds is 3. The minimum absolute atomic E-state index is 0.102. The van der Waals surface area contributed by atoms with E-state index in [1.165, 1.54) is 36.4 Å². The number of ketones is 2. The van der Waals surface area contributed by atoms with Crippen LogP contribution in [0.5, 0.6) is 0 Å². The Labute approximate surface area is 208 Å². The number of fused-ring (bicyclic) bond motifs is 3. The molecule has 178 valence electrons. The maximum absolute atomic E-state index is 13.8. The monoisotopic (exact) mass is 502 g/mol. The molecule has 1 spiro atoms. The molecule has 2 heterocycles. The molecule has 2 aliphatic heterocycles. The van der Waals surface area contributed by atoms with Crippen LogP contribution in [0.15, 0.2) is 72.8 Å². The van der Waals surface area contributed by atoms with Crippen LogP contribution < -0.4 is 4.90 Å². The van der Waals surface area contributed by atoms with Crippen molar-refractivity contribution in [2.45, 2.75) is 11.7 Å². The predicted molar refractivity (Wildman–Crippen MR) is 126 cm³/mol. The lowest BCUT2D eigenvalue weighted by atomic mass is 9.77. The summed E-state index contributed by atoms with van der Waals surface area (Å²) < 4.78 is 6.19. The molecule has 1 aliphatic carbocycles. The lowest BCUT2D eigenvalue weighted by Gasteiger charge is -2.27. The first kappa shape index (κ1) is 22.3. The minimum atomic E-state index is -2.19. The Bertz CT molecular complexity index is 1460. The van der Waals surface area contributed by atoms with E-state index in [0.29, 0.717) is 10.6 Å². The normalized spacial score (nSPS) is 23.9. The number of nitro groups is 1. The van der Waals surface area contributed by atoms with Gasteiger partial charge in [0.2, 0.25) is 29.0 Å². The molecular formula is C26H15ClN2O7. The Morgan fingerprint density at radius 3 is 1.97 bits per heavy atom. The highest BCUT2D eigenvalue weighted by Gasteiger charge is 2.74. The zero-order valence-electron chi connectivity index (χ0n) is 18.3. The lowest BCUT2D eigenvalue weighted by Crippen LogP contribution is -2.51. The molecule has 6 rings (SSSR count). The third-order valence-corrected chi connectivity index (χ3v) is 7.29. The second-order valence-corrected chi connectivity index (χ2v) is 9.25. The molecule has 3 atom stereocenters. The molecule has 2 fully saturated rings. The molecule has 0 N–H and O–H groups in total. The first-order valence-electron chi connectivity index (χ1n) is 11.0. The van der Waals surface area contributed by atoms with Gasteiger partial charge in [0.25, 0.3) is 5.69 Å². The number of carbonyl (C=O) groups is 4. The Balaban J connectivity index is 1.51. The van der Waals surface area contributed by atoms with E-state index in [0.717, 1.165) is 4.90 Å². The van der Waals surface area contributed by atoms with Crippen molar-refractivity contribution < 1.29 is 28.8 Å². The fourth-order valence-corrected chi connectivity index (χ4v) is 5.57. The third-order valence-electron chi connectivity index (χ3n) is 7.04. The van der Waals surface area contributed by atoms with E-state index in [1.54, 1.807) is 36.4 Å². The van der Waals surface area contributed by atoms with Gasteiger partial charge in [0.1, 0.15) is 0 Å². The smallest absolute Gasteiger partial charge is 0.269 e. The number of nitro benzene ring substituents is 1. The molecule has 2 saturated heterocycles. The number of Topliss-reactive ketones (excluding diaryl/α,β-unsaturated/α-hetero) is 2. The van der Waals surface area contributed by atoms with Crippen LogP contribution in [-0.4, -0.2) is 33.9 Å². The second kappa shape index (κ2) is 7.64. The number of carbonyl (C=O) groups excluding carboxylic acids is 4. The number of non-ortho nitro benzene ring substituents is 1. The van der Waals surface area contributed by atoms with Crippen molar-refractivity contribution in [1.82, 2.24) is 0 Å². The number of nitrogens with zero attached hydrogens (tertiary/aromatic N) is 2. The number of hydrogen-bond donors (Lipinski definition) is 0. The van der Waals surface area contributed by atoms with E-state index in [4.69, 9.17) is 16.3 Å². The van der Waals surface area contributed by atoms with Crippen LogP contribution >= 0.6 is 11.6 Å². The van der Waals surface area contributed by atoms with Gasteiger partial charge in [-0.15, -0.1) is 0 Å². The molecule has 0 bridgehead atoms. The summed E-state index contributed by atoms with van der Waals surface area (Å²) in [5, 5.41) is 11.5. The van der Waals surface area contributed by atoms with Gasteiger partial charge < -0.3 is 4.74 Å². The first-order chi connectivity index (χ1) is 17.3. The molecule has 36 heavy (non-hydrogen) atoms. The van der Waals surface area contributed by atoms with Gasteiger partial charge in [-0.1, -0.05) is 48.0 Å². The van der Waals surface area contributed by atoms with Crippen molar-refractivity contribution in [3.05, 3.63) is 105 Å². The second-order valence-electron chi connectivity index (χ2n) is 8.82. The highest BCUT2D eigenvalue weighted by Crippen LogP contribution is 2.57. The summed E-state index contributed by atoms with van der Waals surface area (Å²) in [5.41, 5.74) is -1.56. The van der Waals surface area contributed by atoms with Crippen LogP contribution in [0.2, 0.25) is 5.02 Å². The van der Waals surface area contributed by atoms with Crippen molar-refractivity contribution in [2.24, 2.45) is 11.8 Å². The summed E-state index contributed by atoms with van der Waals surface area (Å²) in [6.45, 7) is 0. The van der Waals surface area contributed by atoms with Crippen LogP contribution in [0.1, 0.15) is 32.4 Å². The highest BCUT2D eigenvalue weighted by atomic mass is 35.5. The summed E-state index contributed by atoms with van der Waals surface area (Å²) in [5.74, 6) is -5.34. The van der Waals surface area contributed by atoms with Crippen LogP contribution in [-0.2, 0) is 14.3 Å². The van der Waals surface area contributed by atoms with Gasteiger partial charge in [-0.25, -0.2) is 4.90 Å². The predicted octanol–water partition coefficient (Wildman–Crippen LogP) is 3.94. The minimum Gasteiger partial charge on any atom is -0.349 e. The summed E-state index contributed by atoms with van der Waals surface area (Å²) in [6.07, 6.45) is -1.08. The number of anilines is 1. The van der Waals surface area contributed by atoms with Crippen molar-refractivity contribution in [3.8, 4) is 0 Å². The Morgan fingerprint density at radius 1 is 0.833 bits per heavy atom. The van der Waals surface area contributed by atoms with Crippen molar-refractivity contribution in [3.63, 3.8) is 0 Å². The molecule has 3 aromatic rings. The molecule has 2 amide bonds. The molecule has 10 heteroatoms. The summed E-state index contributed by atoms with van der Waals surface area (Å²) in [4.78, 5) is 66.3. The number of benzene rings is 3. The molecular weight excluding hydrogens is 488 g/mol. The van der Waals surface area contributed by atoms with E-state index in [1.807, 2.05) is 0 Å². The van der Waals surface area contributed by atoms with Crippen LogP contribution in [0, 0.1) is 22.0 Å². The number of amides is 2. The zero-order chi connectivity index (χ0) is 25.4. The quantitative estimate of drug-likeness (QED) is 0.230. The molecule has 3 aromatic carbocycles. The molecule has 0 saturated carbocycles. The first-order valence-corrected chi connectivity index (χ1v) is 11.4. The lowest BCUT2D eigenvalue weighted by molar-refractivity contribution is -0.384. The summed E-state index contributed by atoms with van der Waals surface area (Å²) in [7, 11) is 0. The maximum atomic E-state index is 13.8.